The maximum absolute atomic E-state index is 12.1. The molecule has 0 aromatic heterocycles. The Kier molecular flexibility index (Phi) is 6.02. The topological polar surface area (TPSA) is 127 Å². The van der Waals surface area contributed by atoms with Crippen LogP contribution in [0.3, 0.4) is 0 Å². The Balaban J connectivity index is 1.95. The highest BCUT2D eigenvalue weighted by Crippen LogP contribution is 2.14. The third-order valence-electron chi connectivity index (χ3n) is 3.29. The summed E-state index contributed by atoms with van der Waals surface area (Å²) in [6.45, 7) is 0. The van der Waals surface area contributed by atoms with Crippen LogP contribution in [-0.2, 0) is 21.3 Å². The van der Waals surface area contributed by atoms with Gasteiger partial charge in [0.1, 0.15) is 5.75 Å². The zero-order valence-electron chi connectivity index (χ0n) is 13.1. The van der Waals surface area contributed by atoms with Gasteiger partial charge in [0.25, 0.3) is 5.91 Å². The number of amides is 2. The molecule has 0 spiro atoms. The number of anilines is 1. The van der Waals surface area contributed by atoms with Gasteiger partial charge in [-0.05, 0) is 29.8 Å². The first-order chi connectivity index (χ1) is 11.9. The van der Waals surface area contributed by atoms with Crippen molar-refractivity contribution in [1.29, 1.82) is 0 Å². The minimum Gasteiger partial charge on any atom is -0.478 e. The average Bonchev–Trinajstić information content (AvgIpc) is 2.55. The zero-order valence-corrected chi connectivity index (χ0v) is 13.9. The average molecular weight is 360 g/mol. The first kappa shape index (κ1) is 18.3. The fourth-order valence-corrected chi connectivity index (χ4v) is 3.15. The molecular formula is C17H16N2O5S. The molecule has 0 saturated heterocycles. The molecular weight excluding hydrogens is 344 g/mol. The number of primary amides is 1. The Hall–Kier alpha value is -3.00. The molecule has 0 bridgehead atoms. The van der Waals surface area contributed by atoms with Crippen LogP contribution in [0.25, 0.3) is 0 Å². The van der Waals surface area contributed by atoms with Crippen molar-refractivity contribution < 1.29 is 23.7 Å². The lowest BCUT2D eigenvalue weighted by molar-refractivity contribution is -0.113. The molecule has 25 heavy (non-hydrogen) atoms. The molecule has 130 valence electrons. The number of carboxylic acids is 1. The second kappa shape index (κ2) is 8.20. The van der Waals surface area contributed by atoms with E-state index >= 15 is 0 Å². The summed E-state index contributed by atoms with van der Waals surface area (Å²) in [5.41, 5.74) is 6.47. The highest BCUT2D eigenvalue weighted by molar-refractivity contribution is 7.84. The summed E-state index contributed by atoms with van der Waals surface area (Å²) in [5.74, 6) is -2.36. The maximum Gasteiger partial charge on any atom is 0.335 e. The van der Waals surface area contributed by atoms with E-state index < -0.39 is 28.6 Å². The lowest BCUT2D eigenvalue weighted by Crippen LogP contribution is -2.22. The molecule has 0 saturated carbocycles. The Bertz CT molecular complexity index is 833. The first-order valence-electron chi connectivity index (χ1n) is 7.22. The smallest absolute Gasteiger partial charge is 0.335 e. The zero-order chi connectivity index (χ0) is 18.4. The number of benzene rings is 2. The Morgan fingerprint density at radius 2 is 1.68 bits per heavy atom. The van der Waals surface area contributed by atoms with Crippen molar-refractivity contribution in [3.63, 3.8) is 0 Å². The van der Waals surface area contributed by atoms with Gasteiger partial charge < -0.3 is 16.2 Å². The van der Waals surface area contributed by atoms with Crippen LogP contribution in [0, 0.1) is 0 Å². The van der Waals surface area contributed by atoms with Crippen molar-refractivity contribution in [3.05, 3.63) is 65.2 Å². The predicted molar refractivity (Wildman–Crippen MR) is 93.7 cm³/mol. The van der Waals surface area contributed by atoms with Crippen molar-refractivity contribution in [2.24, 2.45) is 5.73 Å². The van der Waals surface area contributed by atoms with Gasteiger partial charge in [-0.1, -0.05) is 24.3 Å². The summed E-state index contributed by atoms with van der Waals surface area (Å²) in [6.07, 6.45) is 0. The van der Waals surface area contributed by atoms with Crippen molar-refractivity contribution in [3.8, 4) is 0 Å². The maximum atomic E-state index is 12.1. The van der Waals surface area contributed by atoms with Gasteiger partial charge in [0.2, 0.25) is 5.91 Å². The van der Waals surface area contributed by atoms with E-state index in [0.717, 1.165) is 0 Å². The SMILES string of the molecule is NC(=O)c1ccccc1NC(=O)CS(=O)Cc1ccc(C(=O)O)cc1. The van der Waals surface area contributed by atoms with E-state index in [0.29, 0.717) is 5.56 Å². The Morgan fingerprint density at radius 3 is 2.28 bits per heavy atom. The van der Waals surface area contributed by atoms with Crippen LogP contribution in [-0.4, -0.2) is 32.9 Å². The third-order valence-corrected chi connectivity index (χ3v) is 4.53. The quantitative estimate of drug-likeness (QED) is 0.687. The standard InChI is InChI=1S/C17H16N2O5S/c18-16(21)13-3-1-2-4-14(13)19-15(20)10-25(24)9-11-5-7-12(8-6-11)17(22)23/h1-8H,9-10H2,(H2,18,21)(H,19,20)(H,22,23). The Morgan fingerprint density at radius 1 is 1.04 bits per heavy atom. The van der Waals surface area contributed by atoms with Gasteiger partial charge >= 0.3 is 5.97 Å². The number of aromatic carboxylic acids is 1. The summed E-state index contributed by atoms with van der Waals surface area (Å²) in [5, 5.41) is 11.4. The molecule has 4 N–H and O–H groups in total. The molecule has 0 heterocycles. The van der Waals surface area contributed by atoms with E-state index in [1.807, 2.05) is 0 Å². The van der Waals surface area contributed by atoms with Gasteiger partial charge in [0.05, 0.1) is 16.8 Å². The minimum atomic E-state index is -1.49. The molecule has 2 amide bonds. The second-order valence-electron chi connectivity index (χ2n) is 5.19. The fraction of sp³-hybridized carbons (Fsp3) is 0.118. The van der Waals surface area contributed by atoms with E-state index in [4.69, 9.17) is 10.8 Å². The molecule has 0 aliphatic rings. The van der Waals surface area contributed by atoms with Gasteiger partial charge in [-0.15, -0.1) is 0 Å². The molecule has 0 radical (unpaired) electrons. The van der Waals surface area contributed by atoms with Crippen LogP contribution in [0.4, 0.5) is 5.69 Å². The van der Waals surface area contributed by atoms with Crippen LogP contribution in [0.5, 0.6) is 0 Å². The van der Waals surface area contributed by atoms with Crippen LogP contribution in [0.1, 0.15) is 26.3 Å². The van der Waals surface area contributed by atoms with Gasteiger partial charge in [0.15, 0.2) is 0 Å². The summed E-state index contributed by atoms with van der Waals surface area (Å²) in [7, 11) is -1.49. The normalized spacial score (nSPS) is 11.5. The van der Waals surface area contributed by atoms with Gasteiger partial charge in [-0.2, -0.15) is 0 Å². The molecule has 0 fully saturated rings. The summed E-state index contributed by atoms with van der Waals surface area (Å²) < 4.78 is 12.1. The molecule has 2 aromatic carbocycles. The summed E-state index contributed by atoms with van der Waals surface area (Å²) in [6, 6.07) is 12.2. The molecule has 1 atom stereocenters. The molecule has 0 aliphatic heterocycles. The van der Waals surface area contributed by atoms with Crippen molar-refractivity contribution in [1.82, 2.24) is 0 Å². The molecule has 7 nitrogen and oxygen atoms in total. The lowest BCUT2D eigenvalue weighted by Gasteiger charge is -2.09. The number of nitrogens with two attached hydrogens (primary N) is 1. The van der Waals surface area contributed by atoms with Gasteiger partial charge in [-0.25, -0.2) is 4.79 Å². The van der Waals surface area contributed by atoms with Crippen molar-refractivity contribution >= 4 is 34.3 Å². The van der Waals surface area contributed by atoms with E-state index in [1.54, 1.807) is 24.3 Å². The Labute approximate surface area is 146 Å². The fourth-order valence-electron chi connectivity index (χ4n) is 2.12. The van der Waals surface area contributed by atoms with Gasteiger partial charge in [0, 0.05) is 16.6 Å². The third kappa shape index (κ3) is 5.25. The number of rotatable bonds is 7. The van der Waals surface area contributed by atoms with E-state index in [2.05, 4.69) is 5.32 Å². The number of hydrogen-bond acceptors (Lipinski definition) is 4. The van der Waals surface area contributed by atoms with Gasteiger partial charge in [-0.3, -0.25) is 13.8 Å². The number of hydrogen-bond donors (Lipinski definition) is 3. The molecule has 0 aliphatic carbocycles. The summed E-state index contributed by atoms with van der Waals surface area (Å²) in [4.78, 5) is 34.1. The number of para-hydroxylation sites is 1. The van der Waals surface area contributed by atoms with Crippen LogP contribution < -0.4 is 11.1 Å². The highest BCUT2D eigenvalue weighted by Gasteiger charge is 2.13. The van der Waals surface area contributed by atoms with E-state index in [1.165, 1.54) is 24.3 Å². The minimum absolute atomic E-state index is 0.116. The molecule has 2 aromatic rings. The van der Waals surface area contributed by atoms with Crippen LogP contribution >= 0.6 is 0 Å². The van der Waals surface area contributed by atoms with Crippen molar-refractivity contribution in [2.75, 3.05) is 11.1 Å². The van der Waals surface area contributed by atoms with Crippen molar-refractivity contribution in [2.45, 2.75) is 5.75 Å². The number of carbonyl (C=O) groups is 3. The highest BCUT2D eigenvalue weighted by atomic mass is 32.2. The lowest BCUT2D eigenvalue weighted by atomic mass is 10.1. The van der Waals surface area contributed by atoms with E-state index in [-0.39, 0.29) is 28.3 Å². The first-order valence-corrected chi connectivity index (χ1v) is 8.71. The molecule has 1 unspecified atom stereocenters. The number of carboxylic acid groups (broad SMARTS) is 1. The van der Waals surface area contributed by atoms with Crippen LogP contribution in [0.2, 0.25) is 0 Å². The molecule has 2 rings (SSSR count). The molecule has 8 heteroatoms. The number of nitrogens with one attached hydrogen (secondary N) is 1. The number of carbonyl (C=O) groups excluding carboxylic acids is 2. The van der Waals surface area contributed by atoms with E-state index in [9.17, 15) is 18.6 Å². The predicted octanol–water partition coefficient (Wildman–Crippen LogP) is 1.37. The monoisotopic (exact) mass is 360 g/mol. The largest absolute Gasteiger partial charge is 0.478 e. The summed E-state index contributed by atoms with van der Waals surface area (Å²) >= 11 is 0. The second-order valence-corrected chi connectivity index (χ2v) is 6.65. The van der Waals surface area contributed by atoms with Crippen LogP contribution in [0.15, 0.2) is 48.5 Å².